The van der Waals surface area contributed by atoms with Gasteiger partial charge in [0.15, 0.2) is 0 Å². The van der Waals surface area contributed by atoms with Gasteiger partial charge in [-0.25, -0.2) is 4.98 Å². The van der Waals surface area contributed by atoms with Crippen LogP contribution in [0.15, 0.2) is 72.8 Å². The second-order valence-electron chi connectivity index (χ2n) is 5.55. The summed E-state index contributed by atoms with van der Waals surface area (Å²) in [5.74, 6) is -0.727. The number of amides is 2. The van der Waals surface area contributed by atoms with Crippen molar-refractivity contribution in [2.24, 2.45) is 0 Å². The molecule has 5 heteroatoms. The Hall–Kier alpha value is -3.47. The number of nitrogens with one attached hydrogen (secondary N) is 2. The van der Waals surface area contributed by atoms with Crippen LogP contribution in [0.4, 0.5) is 11.4 Å². The van der Waals surface area contributed by atoms with Gasteiger partial charge in [0.25, 0.3) is 11.8 Å². The summed E-state index contributed by atoms with van der Waals surface area (Å²) in [6.07, 6.45) is 0. The van der Waals surface area contributed by atoms with E-state index in [-0.39, 0.29) is 23.2 Å². The molecule has 2 aromatic carbocycles. The number of nitrogens with zero attached hydrogens (tertiary/aromatic N) is 1. The summed E-state index contributed by atoms with van der Waals surface area (Å²) < 4.78 is 0. The summed E-state index contributed by atoms with van der Waals surface area (Å²) in [5, 5.41) is 5.52. The number of aryl methyl sites for hydroxylation is 1. The maximum atomic E-state index is 12.3. The lowest BCUT2D eigenvalue weighted by atomic mass is 10.2. The summed E-state index contributed by atoms with van der Waals surface area (Å²) >= 11 is 0. The van der Waals surface area contributed by atoms with Crippen molar-refractivity contribution < 1.29 is 9.59 Å². The van der Waals surface area contributed by atoms with Crippen molar-refractivity contribution in [3.05, 3.63) is 89.7 Å². The Kier molecular flexibility index (Phi) is 4.85. The average molecular weight is 331 g/mol. The first-order valence-electron chi connectivity index (χ1n) is 7.83. The summed E-state index contributed by atoms with van der Waals surface area (Å²) in [5.41, 5.74) is 2.82. The van der Waals surface area contributed by atoms with Gasteiger partial charge >= 0.3 is 0 Å². The van der Waals surface area contributed by atoms with Gasteiger partial charge in [0, 0.05) is 11.4 Å². The molecule has 0 radical (unpaired) electrons. The van der Waals surface area contributed by atoms with E-state index in [0.29, 0.717) is 11.4 Å². The third-order valence-corrected chi connectivity index (χ3v) is 3.56. The van der Waals surface area contributed by atoms with Crippen LogP contribution in [0.3, 0.4) is 0 Å². The smallest absolute Gasteiger partial charge is 0.274 e. The molecule has 1 aromatic heterocycles. The van der Waals surface area contributed by atoms with Crippen LogP contribution < -0.4 is 10.6 Å². The lowest BCUT2D eigenvalue weighted by Gasteiger charge is -2.07. The van der Waals surface area contributed by atoms with Gasteiger partial charge < -0.3 is 10.6 Å². The van der Waals surface area contributed by atoms with Gasteiger partial charge in [0.05, 0.1) is 0 Å². The summed E-state index contributed by atoms with van der Waals surface area (Å²) in [7, 11) is 0. The van der Waals surface area contributed by atoms with Crippen molar-refractivity contribution >= 4 is 23.2 Å². The van der Waals surface area contributed by atoms with Crippen LogP contribution in [0, 0.1) is 6.92 Å². The fraction of sp³-hybridized carbons (Fsp3) is 0.0500. The van der Waals surface area contributed by atoms with Crippen LogP contribution in [-0.2, 0) is 0 Å². The van der Waals surface area contributed by atoms with E-state index in [1.807, 2.05) is 49.4 Å². The summed E-state index contributed by atoms with van der Waals surface area (Å²) in [6.45, 7) is 1.97. The van der Waals surface area contributed by atoms with Crippen LogP contribution in [-0.4, -0.2) is 16.8 Å². The number of benzene rings is 2. The highest BCUT2D eigenvalue weighted by Crippen LogP contribution is 2.11. The van der Waals surface area contributed by atoms with Gasteiger partial charge in [-0.05, 0) is 43.3 Å². The third-order valence-electron chi connectivity index (χ3n) is 3.56. The first-order valence-corrected chi connectivity index (χ1v) is 7.83. The normalized spacial score (nSPS) is 10.1. The number of hydrogen-bond donors (Lipinski definition) is 2. The molecule has 0 bridgehead atoms. The fourth-order valence-electron chi connectivity index (χ4n) is 2.24. The monoisotopic (exact) mass is 331 g/mol. The predicted molar refractivity (Wildman–Crippen MR) is 97.8 cm³/mol. The molecule has 5 nitrogen and oxygen atoms in total. The van der Waals surface area contributed by atoms with Gasteiger partial charge in [-0.15, -0.1) is 0 Å². The number of carbonyl (C=O) groups excluding carboxylic acids is 2. The maximum absolute atomic E-state index is 12.3. The largest absolute Gasteiger partial charge is 0.321 e. The maximum Gasteiger partial charge on any atom is 0.274 e. The summed E-state index contributed by atoms with van der Waals surface area (Å²) in [6, 6.07) is 21.3. The number of aromatic nitrogens is 1. The SMILES string of the molecule is Cc1ccc(NC(=O)c2cccc(C(=O)Nc3ccccc3)n2)cc1. The average Bonchev–Trinajstić information content (AvgIpc) is 2.64. The molecule has 0 aliphatic carbocycles. The van der Waals surface area contributed by atoms with E-state index in [1.54, 1.807) is 30.3 Å². The minimum absolute atomic E-state index is 0.181. The van der Waals surface area contributed by atoms with Crippen LogP contribution in [0.1, 0.15) is 26.5 Å². The van der Waals surface area contributed by atoms with Gasteiger partial charge in [0.1, 0.15) is 11.4 Å². The van der Waals surface area contributed by atoms with Crippen LogP contribution in [0.2, 0.25) is 0 Å². The van der Waals surface area contributed by atoms with Crippen molar-refractivity contribution in [3.63, 3.8) is 0 Å². The quantitative estimate of drug-likeness (QED) is 0.762. The van der Waals surface area contributed by atoms with Crippen LogP contribution in [0.25, 0.3) is 0 Å². The number of anilines is 2. The number of rotatable bonds is 4. The van der Waals surface area contributed by atoms with Gasteiger partial charge in [-0.1, -0.05) is 42.0 Å². The van der Waals surface area contributed by atoms with E-state index in [1.165, 1.54) is 0 Å². The highest BCUT2D eigenvalue weighted by atomic mass is 16.2. The highest BCUT2D eigenvalue weighted by Gasteiger charge is 2.12. The highest BCUT2D eigenvalue weighted by molar-refractivity contribution is 6.06. The van der Waals surface area contributed by atoms with Gasteiger partial charge in [0.2, 0.25) is 0 Å². The molecule has 0 spiro atoms. The van der Waals surface area contributed by atoms with Crippen molar-refractivity contribution in [1.29, 1.82) is 0 Å². The Labute approximate surface area is 145 Å². The third kappa shape index (κ3) is 4.29. The molecule has 3 aromatic rings. The van der Waals surface area contributed by atoms with Gasteiger partial charge in [-0.2, -0.15) is 0 Å². The van der Waals surface area contributed by atoms with E-state index >= 15 is 0 Å². The van der Waals surface area contributed by atoms with Crippen molar-refractivity contribution in [2.45, 2.75) is 6.92 Å². The van der Waals surface area contributed by atoms with E-state index in [9.17, 15) is 9.59 Å². The zero-order valence-corrected chi connectivity index (χ0v) is 13.7. The zero-order valence-electron chi connectivity index (χ0n) is 13.7. The Bertz CT molecular complexity index is 890. The van der Waals surface area contributed by atoms with E-state index in [2.05, 4.69) is 15.6 Å². The molecule has 1 heterocycles. The second-order valence-corrected chi connectivity index (χ2v) is 5.55. The molecule has 2 N–H and O–H groups in total. The van der Waals surface area contributed by atoms with Crippen molar-refractivity contribution in [3.8, 4) is 0 Å². The molecule has 25 heavy (non-hydrogen) atoms. The van der Waals surface area contributed by atoms with Gasteiger partial charge in [-0.3, -0.25) is 9.59 Å². The summed E-state index contributed by atoms with van der Waals surface area (Å²) in [4.78, 5) is 28.8. The Balaban J connectivity index is 1.73. The number of hydrogen-bond acceptors (Lipinski definition) is 3. The minimum atomic E-state index is -0.365. The molecular weight excluding hydrogens is 314 g/mol. The predicted octanol–water partition coefficient (Wildman–Crippen LogP) is 3.89. The van der Waals surface area contributed by atoms with Crippen LogP contribution >= 0.6 is 0 Å². The molecule has 2 amide bonds. The minimum Gasteiger partial charge on any atom is -0.321 e. The first kappa shape index (κ1) is 16.4. The molecule has 0 aliphatic rings. The molecule has 0 atom stereocenters. The van der Waals surface area contributed by atoms with E-state index in [0.717, 1.165) is 5.56 Å². The van der Waals surface area contributed by atoms with E-state index in [4.69, 9.17) is 0 Å². The lowest BCUT2D eigenvalue weighted by Crippen LogP contribution is -2.18. The second kappa shape index (κ2) is 7.40. The fourth-order valence-corrected chi connectivity index (χ4v) is 2.24. The van der Waals surface area contributed by atoms with Crippen molar-refractivity contribution in [2.75, 3.05) is 10.6 Å². The molecule has 0 aliphatic heterocycles. The molecule has 0 saturated heterocycles. The molecule has 3 rings (SSSR count). The Morgan fingerprint density at radius 3 is 1.76 bits per heavy atom. The molecule has 0 saturated carbocycles. The Morgan fingerprint density at radius 2 is 1.20 bits per heavy atom. The topological polar surface area (TPSA) is 71.1 Å². The first-order chi connectivity index (χ1) is 12.1. The van der Waals surface area contributed by atoms with Crippen LogP contribution in [0.5, 0.6) is 0 Å². The standard InChI is InChI=1S/C20H17N3O2/c1-14-10-12-16(13-11-14)22-20(25)18-9-5-8-17(23-18)19(24)21-15-6-3-2-4-7-15/h2-13H,1H3,(H,21,24)(H,22,25). The number of pyridine rings is 1. The number of para-hydroxylation sites is 1. The molecule has 0 unspecified atom stereocenters. The Morgan fingerprint density at radius 1 is 0.680 bits per heavy atom. The van der Waals surface area contributed by atoms with Crippen molar-refractivity contribution in [1.82, 2.24) is 4.98 Å². The van der Waals surface area contributed by atoms with E-state index < -0.39 is 0 Å². The number of carbonyl (C=O) groups is 2. The molecular formula is C20H17N3O2. The molecule has 0 fully saturated rings. The zero-order chi connectivity index (χ0) is 17.6. The molecule has 124 valence electrons. The lowest BCUT2D eigenvalue weighted by molar-refractivity contribution is 0.101.